The van der Waals surface area contributed by atoms with Gasteiger partial charge in [0.2, 0.25) is 0 Å². The minimum absolute atomic E-state index is 0.0956. The summed E-state index contributed by atoms with van der Waals surface area (Å²) in [4.78, 5) is 38.2. The maximum absolute atomic E-state index is 12.9. The molecule has 0 rings (SSSR count). The van der Waals surface area contributed by atoms with E-state index in [9.17, 15) is 14.4 Å². The minimum Gasteiger partial charge on any atom is -0.462 e. The highest BCUT2D eigenvalue weighted by Gasteiger charge is 2.19. The zero-order chi connectivity index (χ0) is 57.8. The molecule has 0 saturated carbocycles. The molecule has 0 radical (unpaired) electrons. The zero-order valence-electron chi connectivity index (χ0n) is 52.3. The average molecular weight is 1110 g/mol. The number of rotatable bonds is 60. The molecule has 0 spiro atoms. The van der Waals surface area contributed by atoms with Gasteiger partial charge in [0.15, 0.2) is 6.10 Å². The Labute approximate surface area is 494 Å². The summed E-state index contributed by atoms with van der Waals surface area (Å²) in [5.41, 5.74) is 0. The van der Waals surface area contributed by atoms with E-state index < -0.39 is 6.10 Å². The van der Waals surface area contributed by atoms with Crippen molar-refractivity contribution in [2.75, 3.05) is 13.2 Å². The Morgan fingerprint density at radius 2 is 0.500 bits per heavy atom. The monoisotopic (exact) mass is 1110 g/mol. The lowest BCUT2D eigenvalue weighted by Crippen LogP contribution is -2.30. The van der Waals surface area contributed by atoms with Gasteiger partial charge in [-0.05, 0) is 109 Å². The van der Waals surface area contributed by atoms with E-state index in [2.05, 4.69) is 142 Å². The molecule has 0 heterocycles. The third-order valence-corrected chi connectivity index (χ3v) is 14.2. The summed E-state index contributed by atoms with van der Waals surface area (Å²) >= 11 is 0. The highest BCUT2D eigenvalue weighted by atomic mass is 16.6. The number of ether oxygens (including phenoxy) is 3. The molecule has 0 N–H and O–H groups in total. The Bertz CT molecular complexity index is 1650. The van der Waals surface area contributed by atoms with Crippen molar-refractivity contribution in [1.29, 1.82) is 0 Å². The van der Waals surface area contributed by atoms with E-state index in [-0.39, 0.29) is 37.5 Å². The molecule has 0 aromatic rings. The lowest BCUT2D eigenvalue weighted by molar-refractivity contribution is -0.167. The normalized spacial score (nSPS) is 12.9. The molecule has 0 aliphatic carbocycles. The van der Waals surface area contributed by atoms with Crippen LogP contribution < -0.4 is 0 Å². The highest BCUT2D eigenvalue weighted by Crippen LogP contribution is 2.16. The predicted octanol–water partition coefficient (Wildman–Crippen LogP) is 23.2. The summed E-state index contributed by atoms with van der Waals surface area (Å²) in [5, 5.41) is 0. The Hall–Kier alpha value is -4.19. The molecule has 456 valence electrons. The largest absolute Gasteiger partial charge is 0.462 e. The molecule has 0 bridgehead atoms. The third kappa shape index (κ3) is 64.6. The van der Waals surface area contributed by atoms with Crippen molar-refractivity contribution in [3.63, 3.8) is 0 Å². The molecule has 6 nitrogen and oxygen atoms in total. The molecule has 0 amide bonds. The van der Waals surface area contributed by atoms with Crippen LogP contribution in [0.15, 0.2) is 122 Å². The smallest absolute Gasteiger partial charge is 0.306 e. The van der Waals surface area contributed by atoms with Gasteiger partial charge >= 0.3 is 17.9 Å². The van der Waals surface area contributed by atoms with Gasteiger partial charge in [0.25, 0.3) is 0 Å². The second-order valence-electron chi connectivity index (χ2n) is 22.0. The van der Waals surface area contributed by atoms with Crippen LogP contribution in [0.1, 0.15) is 310 Å². The Morgan fingerprint density at radius 3 is 0.825 bits per heavy atom. The number of unbranched alkanes of at least 4 members (excludes halogenated alkanes) is 29. The maximum Gasteiger partial charge on any atom is 0.306 e. The van der Waals surface area contributed by atoms with Gasteiger partial charge in [-0.3, -0.25) is 14.4 Å². The quantitative estimate of drug-likeness (QED) is 0.0261. The van der Waals surface area contributed by atoms with Crippen LogP contribution in [0.4, 0.5) is 0 Å². The van der Waals surface area contributed by atoms with Crippen molar-refractivity contribution < 1.29 is 28.6 Å². The Morgan fingerprint density at radius 1 is 0.263 bits per heavy atom. The lowest BCUT2D eigenvalue weighted by atomic mass is 10.0. The minimum atomic E-state index is -0.803. The van der Waals surface area contributed by atoms with Gasteiger partial charge in [0.1, 0.15) is 13.2 Å². The molecule has 0 aromatic heterocycles. The summed E-state index contributed by atoms with van der Waals surface area (Å²) in [6.07, 6.45) is 93.7. The standard InChI is InChI=1S/C74H124O6/c1-4-7-10-13-16-19-22-24-26-28-30-32-34-35-36-37-38-39-41-42-44-46-48-50-52-55-58-61-64-67-73(76)79-70-71(69-78-72(75)66-63-60-57-54-21-18-15-12-9-6-3)80-74(77)68-65-62-59-56-53-51-49-47-45-43-40-33-31-29-27-25-23-20-17-14-11-8-5-2/h7,10,16,19,24,26,29-32,35-36,38-39,42,44,48,50,55,58,71H,4-6,8-9,11-15,17-18,20-23,25,27-28,33-34,37,40-41,43,45-47,49,51-54,56-57,59-70H2,1-3H3/b10-7-,19-16-,26-24-,31-29-,32-30-,36-35-,39-38-,44-42-,50-48-,58-55-. The van der Waals surface area contributed by atoms with Crippen LogP contribution in [0.2, 0.25) is 0 Å². The van der Waals surface area contributed by atoms with Crippen molar-refractivity contribution in [3.05, 3.63) is 122 Å². The van der Waals surface area contributed by atoms with E-state index in [1.807, 2.05) is 0 Å². The summed E-state index contributed by atoms with van der Waals surface area (Å²) in [6.45, 7) is 6.49. The van der Waals surface area contributed by atoms with Gasteiger partial charge < -0.3 is 14.2 Å². The maximum atomic E-state index is 12.9. The third-order valence-electron chi connectivity index (χ3n) is 14.2. The van der Waals surface area contributed by atoms with Crippen LogP contribution in [0.5, 0.6) is 0 Å². The molecule has 80 heavy (non-hydrogen) atoms. The van der Waals surface area contributed by atoms with Gasteiger partial charge in [-0.15, -0.1) is 0 Å². The number of esters is 3. The van der Waals surface area contributed by atoms with Crippen LogP contribution in [0.3, 0.4) is 0 Å². The van der Waals surface area contributed by atoms with Gasteiger partial charge in [0.05, 0.1) is 0 Å². The molecular weight excluding hydrogens is 985 g/mol. The topological polar surface area (TPSA) is 78.9 Å². The number of carbonyl (C=O) groups is 3. The number of carbonyl (C=O) groups excluding carboxylic acids is 3. The van der Waals surface area contributed by atoms with Gasteiger partial charge in [0, 0.05) is 19.3 Å². The average Bonchev–Trinajstić information content (AvgIpc) is 3.46. The van der Waals surface area contributed by atoms with E-state index in [0.29, 0.717) is 19.3 Å². The SMILES string of the molecule is CC/C=C\C/C=C\C/C=C\C/C=C\C/C=C\C/C=C\C/C=C\C/C=C\C/C=C\CCCC(=O)OCC(COC(=O)CCCCCCCCCCCC)OC(=O)CCCCCCCCCCCCC/C=C\CCCCCCCCCC. The van der Waals surface area contributed by atoms with Crippen LogP contribution in [0.25, 0.3) is 0 Å². The fraction of sp³-hybridized carbons (Fsp3) is 0.689. The molecule has 1 unspecified atom stereocenters. The van der Waals surface area contributed by atoms with Crippen molar-refractivity contribution in [2.45, 2.75) is 316 Å². The van der Waals surface area contributed by atoms with Gasteiger partial charge in [-0.2, -0.15) is 0 Å². The molecule has 0 fully saturated rings. The predicted molar refractivity (Wildman–Crippen MR) is 348 cm³/mol. The molecule has 0 aliphatic rings. The summed E-state index contributed by atoms with van der Waals surface area (Å²) in [5.74, 6) is -0.954. The molecule has 1 atom stereocenters. The van der Waals surface area contributed by atoms with Crippen molar-refractivity contribution in [1.82, 2.24) is 0 Å². The first kappa shape index (κ1) is 75.8. The van der Waals surface area contributed by atoms with Crippen LogP contribution in [-0.4, -0.2) is 37.2 Å². The molecule has 0 saturated heterocycles. The molecule has 6 heteroatoms. The first-order valence-corrected chi connectivity index (χ1v) is 33.5. The summed E-state index contributed by atoms with van der Waals surface area (Å²) < 4.78 is 16.9. The number of hydrogen-bond donors (Lipinski definition) is 0. The first-order chi connectivity index (χ1) is 39.5. The second-order valence-corrected chi connectivity index (χ2v) is 22.0. The van der Waals surface area contributed by atoms with E-state index >= 15 is 0 Å². The van der Waals surface area contributed by atoms with E-state index in [1.165, 1.54) is 161 Å². The second kappa shape index (κ2) is 67.3. The highest BCUT2D eigenvalue weighted by molar-refractivity contribution is 5.71. The number of hydrogen-bond acceptors (Lipinski definition) is 6. The van der Waals surface area contributed by atoms with Crippen LogP contribution in [0, 0.1) is 0 Å². The Balaban J connectivity index is 4.35. The van der Waals surface area contributed by atoms with Gasteiger partial charge in [-0.1, -0.05) is 303 Å². The fourth-order valence-electron chi connectivity index (χ4n) is 9.21. The van der Waals surface area contributed by atoms with E-state index in [4.69, 9.17) is 14.2 Å². The van der Waals surface area contributed by atoms with Crippen LogP contribution >= 0.6 is 0 Å². The van der Waals surface area contributed by atoms with Crippen molar-refractivity contribution >= 4 is 17.9 Å². The van der Waals surface area contributed by atoms with Crippen molar-refractivity contribution in [3.8, 4) is 0 Å². The molecule has 0 aliphatic heterocycles. The molecular formula is C74H124O6. The lowest BCUT2D eigenvalue weighted by Gasteiger charge is -2.18. The Kier molecular flexibility index (Phi) is 63.8. The zero-order valence-corrected chi connectivity index (χ0v) is 52.3. The summed E-state index contributed by atoms with van der Waals surface area (Å²) in [6, 6.07) is 0. The number of allylic oxidation sites excluding steroid dienone is 20. The van der Waals surface area contributed by atoms with Gasteiger partial charge in [-0.25, -0.2) is 0 Å². The first-order valence-electron chi connectivity index (χ1n) is 33.5. The molecule has 0 aromatic carbocycles. The van der Waals surface area contributed by atoms with E-state index in [1.54, 1.807) is 0 Å². The summed E-state index contributed by atoms with van der Waals surface area (Å²) in [7, 11) is 0. The van der Waals surface area contributed by atoms with E-state index in [0.717, 1.165) is 103 Å². The fourth-order valence-corrected chi connectivity index (χ4v) is 9.21. The van der Waals surface area contributed by atoms with Crippen LogP contribution in [-0.2, 0) is 28.6 Å². The van der Waals surface area contributed by atoms with Crippen molar-refractivity contribution in [2.24, 2.45) is 0 Å².